The minimum atomic E-state index is -4.43. The van der Waals surface area contributed by atoms with Crippen LogP contribution in [-0.4, -0.2) is 35.0 Å². The van der Waals surface area contributed by atoms with Gasteiger partial charge in [0.25, 0.3) is 0 Å². The van der Waals surface area contributed by atoms with Crippen LogP contribution in [0.25, 0.3) is 0 Å². The van der Waals surface area contributed by atoms with E-state index in [1.807, 2.05) is 0 Å². The molecule has 0 aromatic heterocycles. The van der Waals surface area contributed by atoms with Crippen LogP contribution in [0.3, 0.4) is 0 Å². The zero-order chi connectivity index (χ0) is 13.3. The number of hydrogen-bond donors (Lipinski definition) is 2. The van der Waals surface area contributed by atoms with Crippen molar-refractivity contribution in [2.75, 3.05) is 0 Å². The summed E-state index contributed by atoms with van der Waals surface area (Å²) in [5, 5.41) is 8.91. The fraction of sp³-hybridized carbons (Fsp3) is 0.900. The summed E-state index contributed by atoms with van der Waals surface area (Å²) >= 11 is 0. The SMILES string of the molecule is CC(OC1CCCC(N)(C(=O)O)C1)C(F)(F)F. The Morgan fingerprint density at radius 2 is 2.18 bits per heavy atom. The average molecular weight is 255 g/mol. The van der Waals surface area contributed by atoms with E-state index in [2.05, 4.69) is 0 Å². The summed E-state index contributed by atoms with van der Waals surface area (Å²) in [5.74, 6) is -1.19. The highest BCUT2D eigenvalue weighted by Gasteiger charge is 2.43. The van der Waals surface area contributed by atoms with Gasteiger partial charge < -0.3 is 15.6 Å². The molecule has 0 aliphatic heterocycles. The standard InChI is InChI=1S/C10H16F3NO3/c1-6(10(11,12)13)17-7-3-2-4-9(14,5-7)8(15)16/h6-7H,2-5,14H2,1H3,(H,15,16). The maximum Gasteiger partial charge on any atom is 0.414 e. The fourth-order valence-corrected chi connectivity index (χ4v) is 1.93. The first-order valence-electron chi connectivity index (χ1n) is 5.39. The quantitative estimate of drug-likeness (QED) is 0.804. The van der Waals surface area contributed by atoms with Crippen molar-refractivity contribution in [3.63, 3.8) is 0 Å². The molecule has 0 spiro atoms. The first-order chi connectivity index (χ1) is 7.65. The smallest absolute Gasteiger partial charge is 0.414 e. The second kappa shape index (κ2) is 4.81. The van der Waals surface area contributed by atoms with Gasteiger partial charge in [-0.2, -0.15) is 13.2 Å². The van der Waals surface area contributed by atoms with Crippen molar-refractivity contribution < 1.29 is 27.8 Å². The van der Waals surface area contributed by atoms with E-state index in [1.165, 1.54) is 0 Å². The molecule has 0 saturated heterocycles. The van der Waals surface area contributed by atoms with Gasteiger partial charge in [-0.15, -0.1) is 0 Å². The summed E-state index contributed by atoms with van der Waals surface area (Å²) in [6, 6.07) is 0. The number of carbonyl (C=O) groups is 1. The molecule has 0 bridgehead atoms. The van der Waals surface area contributed by atoms with Crippen molar-refractivity contribution in [3.05, 3.63) is 0 Å². The van der Waals surface area contributed by atoms with E-state index in [-0.39, 0.29) is 12.8 Å². The number of carboxylic acids is 1. The van der Waals surface area contributed by atoms with Crippen LogP contribution in [0.1, 0.15) is 32.6 Å². The highest BCUT2D eigenvalue weighted by atomic mass is 19.4. The van der Waals surface area contributed by atoms with Crippen LogP contribution in [0.5, 0.6) is 0 Å². The molecule has 1 fully saturated rings. The van der Waals surface area contributed by atoms with E-state index in [4.69, 9.17) is 15.6 Å². The van der Waals surface area contributed by atoms with Gasteiger partial charge in [-0.1, -0.05) is 0 Å². The topological polar surface area (TPSA) is 72.5 Å². The highest BCUT2D eigenvalue weighted by Crippen LogP contribution is 2.32. The Bertz CT molecular complexity index is 295. The third kappa shape index (κ3) is 3.57. The molecular formula is C10H16F3NO3. The lowest BCUT2D eigenvalue weighted by Crippen LogP contribution is -2.53. The fourth-order valence-electron chi connectivity index (χ4n) is 1.93. The summed E-state index contributed by atoms with van der Waals surface area (Å²) in [7, 11) is 0. The Labute approximate surface area is 96.9 Å². The monoisotopic (exact) mass is 255 g/mol. The Balaban J connectivity index is 2.59. The van der Waals surface area contributed by atoms with Crippen LogP contribution in [-0.2, 0) is 9.53 Å². The Morgan fingerprint density at radius 1 is 1.59 bits per heavy atom. The maximum atomic E-state index is 12.3. The Morgan fingerprint density at radius 3 is 2.65 bits per heavy atom. The van der Waals surface area contributed by atoms with E-state index in [1.54, 1.807) is 0 Å². The van der Waals surface area contributed by atoms with Gasteiger partial charge in [-0.3, -0.25) is 4.79 Å². The van der Waals surface area contributed by atoms with Gasteiger partial charge in [0.15, 0.2) is 6.10 Å². The van der Waals surface area contributed by atoms with E-state index < -0.39 is 29.9 Å². The van der Waals surface area contributed by atoms with Crippen LogP contribution in [0, 0.1) is 0 Å². The molecule has 100 valence electrons. The minimum absolute atomic E-state index is 0.0806. The molecule has 0 radical (unpaired) electrons. The normalized spacial score (nSPS) is 32.2. The summed E-state index contributed by atoms with van der Waals surface area (Å²) < 4.78 is 41.7. The molecule has 0 heterocycles. The van der Waals surface area contributed by atoms with Gasteiger partial charge in [0.05, 0.1) is 6.10 Å². The predicted molar refractivity (Wildman–Crippen MR) is 53.4 cm³/mol. The number of rotatable bonds is 3. The number of halogens is 3. The van der Waals surface area contributed by atoms with Gasteiger partial charge in [0, 0.05) is 6.42 Å². The Kier molecular flexibility index (Phi) is 4.03. The summed E-state index contributed by atoms with van der Waals surface area (Å²) in [4.78, 5) is 10.9. The van der Waals surface area contributed by atoms with Crippen LogP contribution in [0.4, 0.5) is 13.2 Å². The number of ether oxygens (including phenoxy) is 1. The van der Waals surface area contributed by atoms with Crippen molar-refractivity contribution in [3.8, 4) is 0 Å². The number of alkyl halides is 3. The van der Waals surface area contributed by atoms with Crippen molar-refractivity contribution in [1.29, 1.82) is 0 Å². The molecule has 0 amide bonds. The molecule has 3 atom stereocenters. The van der Waals surface area contributed by atoms with Gasteiger partial charge in [-0.25, -0.2) is 0 Å². The van der Waals surface area contributed by atoms with E-state index in [0.717, 1.165) is 6.92 Å². The lowest BCUT2D eigenvalue weighted by molar-refractivity contribution is -0.231. The molecule has 1 aliphatic rings. The van der Waals surface area contributed by atoms with Crippen molar-refractivity contribution >= 4 is 5.97 Å². The van der Waals surface area contributed by atoms with E-state index >= 15 is 0 Å². The maximum absolute atomic E-state index is 12.3. The summed E-state index contributed by atoms with van der Waals surface area (Å²) in [5.41, 5.74) is 4.15. The van der Waals surface area contributed by atoms with Crippen LogP contribution in [0.2, 0.25) is 0 Å². The van der Waals surface area contributed by atoms with Crippen molar-refractivity contribution in [1.82, 2.24) is 0 Å². The minimum Gasteiger partial charge on any atom is -0.480 e. The number of aliphatic carboxylic acids is 1. The van der Waals surface area contributed by atoms with Crippen LogP contribution in [0.15, 0.2) is 0 Å². The molecule has 1 aliphatic carbocycles. The van der Waals surface area contributed by atoms with E-state index in [9.17, 15) is 18.0 Å². The van der Waals surface area contributed by atoms with Crippen molar-refractivity contribution in [2.45, 2.75) is 56.5 Å². The molecule has 3 N–H and O–H groups in total. The number of carboxylic acid groups (broad SMARTS) is 1. The highest BCUT2D eigenvalue weighted by molar-refractivity contribution is 5.78. The number of hydrogen-bond acceptors (Lipinski definition) is 3. The summed E-state index contributed by atoms with van der Waals surface area (Å²) in [6.07, 6.45) is -6.03. The lowest BCUT2D eigenvalue weighted by atomic mass is 9.81. The molecular weight excluding hydrogens is 239 g/mol. The van der Waals surface area contributed by atoms with Gasteiger partial charge in [0.2, 0.25) is 0 Å². The predicted octanol–water partition coefficient (Wildman–Crippen LogP) is 1.68. The first kappa shape index (κ1) is 14.2. The van der Waals surface area contributed by atoms with Crippen molar-refractivity contribution in [2.24, 2.45) is 5.73 Å². The zero-order valence-electron chi connectivity index (χ0n) is 9.46. The average Bonchev–Trinajstić information content (AvgIpc) is 2.16. The second-order valence-electron chi connectivity index (χ2n) is 4.50. The molecule has 1 saturated carbocycles. The third-order valence-electron chi connectivity index (χ3n) is 3.02. The van der Waals surface area contributed by atoms with Gasteiger partial charge >= 0.3 is 12.1 Å². The molecule has 17 heavy (non-hydrogen) atoms. The number of nitrogens with two attached hydrogens (primary N) is 1. The largest absolute Gasteiger partial charge is 0.480 e. The Hall–Kier alpha value is -0.820. The molecule has 0 aromatic carbocycles. The molecule has 0 aromatic rings. The van der Waals surface area contributed by atoms with E-state index in [0.29, 0.717) is 12.8 Å². The molecule has 7 heteroatoms. The third-order valence-corrected chi connectivity index (χ3v) is 3.02. The van der Waals surface area contributed by atoms with Crippen LogP contribution < -0.4 is 5.73 Å². The summed E-state index contributed by atoms with van der Waals surface area (Å²) in [6.45, 7) is 0.910. The van der Waals surface area contributed by atoms with Gasteiger partial charge in [0.1, 0.15) is 5.54 Å². The van der Waals surface area contributed by atoms with Gasteiger partial charge in [-0.05, 0) is 26.2 Å². The van der Waals surface area contributed by atoms with Crippen LogP contribution >= 0.6 is 0 Å². The zero-order valence-corrected chi connectivity index (χ0v) is 9.46. The molecule has 3 unspecified atom stereocenters. The molecule has 4 nitrogen and oxygen atoms in total. The first-order valence-corrected chi connectivity index (χ1v) is 5.39. The lowest BCUT2D eigenvalue weighted by Gasteiger charge is -2.35. The molecule has 1 rings (SSSR count). The second-order valence-corrected chi connectivity index (χ2v) is 4.50.